The van der Waals surface area contributed by atoms with Crippen molar-refractivity contribution in [3.05, 3.63) is 29.8 Å². The molecule has 0 amide bonds. The number of para-hydroxylation sites is 1. The van der Waals surface area contributed by atoms with Crippen molar-refractivity contribution in [2.45, 2.75) is 25.3 Å². The molecule has 1 aromatic carbocycles. The number of ether oxygens (including phenoxy) is 1. The van der Waals surface area contributed by atoms with Crippen molar-refractivity contribution in [3.63, 3.8) is 0 Å². The van der Waals surface area contributed by atoms with Crippen LogP contribution in [-0.2, 0) is 0 Å². The van der Waals surface area contributed by atoms with E-state index in [-0.39, 0.29) is 0 Å². The van der Waals surface area contributed by atoms with Crippen LogP contribution in [0.4, 0.5) is 0 Å². The van der Waals surface area contributed by atoms with Crippen molar-refractivity contribution in [1.29, 1.82) is 0 Å². The van der Waals surface area contributed by atoms with Gasteiger partial charge in [0.2, 0.25) is 0 Å². The Balaban J connectivity index is 1.66. The standard InChI is InChI=1S/C15H22N2O/c1-12-9-17(8-4-7-16-12)10-13-11-18-15-6-3-2-5-14(13)15/h2-3,5-6,12-13,16H,4,7-11H2,1H3. The third-order valence-electron chi connectivity index (χ3n) is 3.95. The number of hydrogen-bond donors (Lipinski definition) is 1. The van der Waals surface area contributed by atoms with Gasteiger partial charge in [-0.1, -0.05) is 18.2 Å². The summed E-state index contributed by atoms with van der Waals surface area (Å²) >= 11 is 0. The Kier molecular flexibility index (Phi) is 3.52. The fourth-order valence-electron chi connectivity index (χ4n) is 3.05. The molecule has 0 bridgehead atoms. The van der Waals surface area contributed by atoms with Crippen LogP contribution in [-0.4, -0.2) is 43.7 Å². The molecular formula is C15H22N2O. The molecule has 2 heterocycles. The third kappa shape index (κ3) is 2.52. The first-order valence-corrected chi connectivity index (χ1v) is 7.00. The molecule has 0 aliphatic carbocycles. The quantitative estimate of drug-likeness (QED) is 0.862. The van der Waals surface area contributed by atoms with E-state index in [0.29, 0.717) is 12.0 Å². The lowest BCUT2D eigenvalue weighted by Crippen LogP contribution is -2.37. The molecule has 3 rings (SSSR count). The summed E-state index contributed by atoms with van der Waals surface area (Å²) in [6, 6.07) is 9.07. The van der Waals surface area contributed by atoms with Crippen LogP contribution in [0.15, 0.2) is 24.3 Å². The Bertz CT molecular complexity index is 407. The zero-order valence-corrected chi connectivity index (χ0v) is 11.1. The maximum absolute atomic E-state index is 5.77. The Labute approximate surface area is 109 Å². The first-order chi connectivity index (χ1) is 8.83. The maximum atomic E-state index is 5.77. The molecule has 2 aliphatic heterocycles. The van der Waals surface area contributed by atoms with Gasteiger partial charge in [-0.15, -0.1) is 0 Å². The zero-order chi connectivity index (χ0) is 12.4. The highest BCUT2D eigenvalue weighted by Crippen LogP contribution is 2.33. The van der Waals surface area contributed by atoms with Gasteiger partial charge in [0.15, 0.2) is 0 Å². The number of benzene rings is 1. The van der Waals surface area contributed by atoms with Gasteiger partial charge in [0.1, 0.15) is 5.75 Å². The molecule has 1 N–H and O–H groups in total. The van der Waals surface area contributed by atoms with E-state index >= 15 is 0 Å². The Morgan fingerprint density at radius 3 is 3.22 bits per heavy atom. The molecule has 18 heavy (non-hydrogen) atoms. The van der Waals surface area contributed by atoms with Gasteiger partial charge in [0.25, 0.3) is 0 Å². The van der Waals surface area contributed by atoms with Gasteiger partial charge in [-0.2, -0.15) is 0 Å². The Hall–Kier alpha value is -1.06. The highest BCUT2D eigenvalue weighted by molar-refractivity contribution is 5.39. The van der Waals surface area contributed by atoms with Gasteiger partial charge in [0.05, 0.1) is 6.61 Å². The summed E-state index contributed by atoms with van der Waals surface area (Å²) in [7, 11) is 0. The van der Waals surface area contributed by atoms with E-state index in [2.05, 4.69) is 41.4 Å². The van der Waals surface area contributed by atoms with E-state index < -0.39 is 0 Å². The Morgan fingerprint density at radius 2 is 2.28 bits per heavy atom. The van der Waals surface area contributed by atoms with Crippen LogP contribution in [0.1, 0.15) is 24.8 Å². The summed E-state index contributed by atoms with van der Waals surface area (Å²) < 4.78 is 5.77. The molecular weight excluding hydrogens is 224 g/mol. The minimum Gasteiger partial charge on any atom is -0.493 e. The summed E-state index contributed by atoms with van der Waals surface area (Å²) in [5.41, 5.74) is 1.39. The topological polar surface area (TPSA) is 24.5 Å². The van der Waals surface area contributed by atoms with Gasteiger partial charge in [-0.25, -0.2) is 0 Å². The zero-order valence-electron chi connectivity index (χ0n) is 11.1. The number of hydrogen-bond acceptors (Lipinski definition) is 3. The summed E-state index contributed by atoms with van der Waals surface area (Å²) in [4.78, 5) is 2.58. The van der Waals surface area contributed by atoms with E-state index in [0.717, 1.165) is 32.0 Å². The molecule has 0 saturated carbocycles. The second kappa shape index (κ2) is 5.29. The first kappa shape index (κ1) is 12.0. The van der Waals surface area contributed by atoms with Gasteiger partial charge < -0.3 is 15.0 Å². The summed E-state index contributed by atoms with van der Waals surface area (Å²) in [5, 5.41) is 3.55. The molecule has 2 atom stereocenters. The van der Waals surface area contributed by atoms with E-state index in [1.807, 2.05) is 0 Å². The molecule has 2 aliphatic rings. The van der Waals surface area contributed by atoms with Crippen LogP contribution >= 0.6 is 0 Å². The van der Waals surface area contributed by atoms with Gasteiger partial charge in [0, 0.05) is 30.6 Å². The van der Waals surface area contributed by atoms with E-state index in [9.17, 15) is 0 Å². The number of nitrogens with one attached hydrogen (secondary N) is 1. The van der Waals surface area contributed by atoms with Gasteiger partial charge in [-0.3, -0.25) is 0 Å². The molecule has 2 unspecified atom stereocenters. The average Bonchev–Trinajstić information content (AvgIpc) is 2.66. The second-order valence-corrected chi connectivity index (χ2v) is 5.51. The fraction of sp³-hybridized carbons (Fsp3) is 0.600. The molecule has 3 nitrogen and oxygen atoms in total. The predicted octanol–water partition coefficient (Wildman–Crippen LogP) is 1.85. The van der Waals surface area contributed by atoms with Crippen LogP contribution in [0.5, 0.6) is 5.75 Å². The van der Waals surface area contributed by atoms with Gasteiger partial charge >= 0.3 is 0 Å². The van der Waals surface area contributed by atoms with Crippen molar-refractivity contribution in [3.8, 4) is 5.75 Å². The smallest absolute Gasteiger partial charge is 0.122 e. The summed E-state index contributed by atoms with van der Waals surface area (Å²) in [5.74, 6) is 1.63. The average molecular weight is 246 g/mol. The normalized spacial score (nSPS) is 28.5. The predicted molar refractivity (Wildman–Crippen MR) is 73.2 cm³/mol. The lowest BCUT2D eigenvalue weighted by molar-refractivity contribution is 0.232. The fourth-order valence-corrected chi connectivity index (χ4v) is 3.05. The molecule has 3 heteroatoms. The van der Waals surface area contributed by atoms with Crippen molar-refractivity contribution in [1.82, 2.24) is 10.2 Å². The number of rotatable bonds is 2. The first-order valence-electron chi connectivity index (χ1n) is 7.00. The van der Waals surface area contributed by atoms with Crippen LogP contribution in [0, 0.1) is 0 Å². The molecule has 1 saturated heterocycles. The van der Waals surface area contributed by atoms with Crippen molar-refractivity contribution in [2.24, 2.45) is 0 Å². The second-order valence-electron chi connectivity index (χ2n) is 5.51. The van der Waals surface area contributed by atoms with Crippen LogP contribution in [0.2, 0.25) is 0 Å². The summed E-state index contributed by atoms with van der Waals surface area (Å²) in [6.07, 6.45) is 1.25. The molecule has 1 aromatic rings. The SMILES string of the molecule is CC1CN(CC2COc3ccccc32)CCCN1. The minimum atomic E-state index is 0.548. The number of nitrogens with zero attached hydrogens (tertiary/aromatic N) is 1. The largest absolute Gasteiger partial charge is 0.493 e. The highest BCUT2D eigenvalue weighted by Gasteiger charge is 2.26. The van der Waals surface area contributed by atoms with Gasteiger partial charge in [-0.05, 0) is 32.5 Å². The lowest BCUT2D eigenvalue weighted by atomic mass is 10.0. The van der Waals surface area contributed by atoms with Crippen LogP contribution in [0.25, 0.3) is 0 Å². The highest BCUT2D eigenvalue weighted by atomic mass is 16.5. The molecule has 98 valence electrons. The van der Waals surface area contributed by atoms with Crippen LogP contribution < -0.4 is 10.1 Å². The molecule has 0 spiro atoms. The molecule has 0 radical (unpaired) electrons. The lowest BCUT2D eigenvalue weighted by Gasteiger charge is -2.25. The van der Waals surface area contributed by atoms with Crippen molar-refractivity contribution >= 4 is 0 Å². The molecule has 0 aromatic heterocycles. The number of fused-ring (bicyclic) bond motifs is 1. The van der Waals surface area contributed by atoms with Crippen molar-refractivity contribution < 1.29 is 4.74 Å². The monoisotopic (exact) mass is 246 g/mol. The van der Waals surface area contributed by atoms with Crippen molar-refractivity contribution in [2.75, 3.05) is 32.8 Å². The van der Waals surface area contributed by atoms with Crippen LogP contribution in [0.3, 0.4) is 0 Å². The maximum Gasteiger partial charge on any atom is 0.122 e. The van der Waals surface area contributed by atoms with E-state index in [1.165, 1.54) is 18.5 Å². The Morgan fingerprint density at radius 1 is 1.39 bits per heavy atom. The van der Waals surface area contributed by atoms with E-state index in [4.69, 9.17) is 4.74 Å². The third-order valence-corrected chi connectivity index (χ3v) is 3.95. The summed E-state index contributed by atoms with van der Waals surface area (Å²) in [6.45, 7) is 7.75. The van der Waals surface area contributed by atoms with E-state index in [1.54, 1.807) is 0 Å². The molecule has 1 fully saturated rings. The minimum absolute atomic E-state index is 0.548.